The normalized spacial score (nSPS) is 12.4. The number of nitrogens with one attached hydrogen (secondary N) is 1. The standard InChI is InChI=1S/C22H28N2O4/c1-21(2,3)16-9-13(10-17(19(16)27)22(4,5)6)12-23-24-20(28)15-11-14(25)7-8-18(15)26/h7-12,25-27H,1-6H3,(H,24,28). The lowest BCUT2D eigenvalue weighted by molar-refractivity contribution is 0.0952. The summed E-state index contributed by atoms with van der Waals surface area (Å²) in [5, 5.41) is 33.9. The van der Waals surface area contributed by atoms with Gasteiger partial charge >= 0.3 is 0 Å². The molecule has 0 radical (unpaired) electrons. The monoisotopic (exact) mass is 384 g/mol. The van der Waals surface area contributed by atoms with Crippen LogP contribution < -0.4 is 5.43 Å². The van der Waals surface area contributed by atoms with Crippen LogP contribution in [0.2, 0.25) is 0 Å². The minimum atomic E-state index is -0.643. The SMILES string of the molecule is CC(C)(C)c1cc(C=NNC(=O)c2cc(O)ccc2O)cc(C(C)(C)C)c1O. The first-order valence-electron chi connectivity index (χ1n) is 9.04. The van der Waals surface area contributed by atoms with E-state index in [1.807, 2.05) is 53.7 Å². The van der Waals surface area contributed by atoms with Crippen LogP contribution >= 0.6 is 0 Å². The van der Waals surface area contributed by atoms with E-state index in [1.54, 1.807) is 0 Å². The Labute approximate surface area is 165 Å². The predicted molar refractivity (Wildman–Crippen MR) is 110 cm³/mol. The van der Waals surface area contributed by atoms with Crippen LogP contribution in [0, 0.1) is 0 Å². The number of phenols is 3. The number of aromatic hydroxyl groups is 3. The van der Waals surface area contributed by atoms with Gasteiger partial charge in [0.05, 0.1) is 11.8 Å². The third-order valence-electron chi connectivity index (χ3n) is 4.35. The fourth-order valence-electron chi connectivity index (χ4n) is 2.81. The van der Waals surface area contributed by atoms with E-state index >= 15 is 0 Å². The first-order valence-corrected chi connectivity index (χ1v) is 9.04. The van der Waals surface area contributed by atoms with Gasteiger partial charge < -0.3 is 15.3 Å². The second kappa shape index (κ2) is 7.54. The molecular formula is C22H28N2O4. The van der Waals surface area contributed by atoms with Crippen molar-refractivity contribution in [2.24, 2.45) is 5.10 Å². The number of phenolic OH excluding ortho intramolecular Hbond substituents is 3. The summed E-state index contributed by atoms with van der Waals surface area (Å²) in [7, 11) is 0. The maximum atomic E-state index is 12.2. The fraction of sp³-hybridized carbons (Fsp3) is 0.364. The molecule has 0 unspecified atom stereocenters. The molecule has 28 heavy (non-hydrogen) atoms. The molecule has 0 aliphatic heterocycles. The zero-order valence-electron chi connectivity index (χ0n) is 17.2. The first-order chi connectivity index (χ1) is 12.8. The lowest BCUT2D eigenvalue weighted by Gasteiger charge is -2.27. The number of amides is 1. The highest BCUT2D eigenvalue weighted by molar-refractivity contribution is 5.97. The minimum absolute atomic E-state index is 0.0754. The van der Waals surface area contributed by atoms with Gasteiger partial charge in [-0.15, -0.1) is 0 Å². The van der Waals surface area contributed by atoms with E-state index in [0.717, 1.165) is 22.8 Å². The van der Waals surface area contributed by atoms with Crippen LogP contribution in [0.5, 0.6) is 17.2 Å². The molecule has 0 saturated carbocycles. The molecule has 0 saturated heterocycles. The maximum Gasteiger partial charge on any atom is 0.275 e. The van der Waals surface area contributed by atoms with Crippen molar-refractivity contribution >= 4 is 12.1 Å². The lowest BCUT2D eigenvalue weighted by Crippen LogP contribution is -2.19. The molecule has 2 aromatic rings. The molecule has 0 aliphatic carbocycles. The number of carbonyl (C=O) groups excluding carboxylic acids is 1. The Morgan fingerprint density at radius 2 is 1.46 bits per heavy atom. The number of hydrogen-bond acceptors (Lipinski definition) is 5. The molecule has 0 fully saturated rings. The molecule has 0 aliphatic rings. The van der Waals surface area contributed by atoms with E-state index < -0.39 is 5.91 Å². The molecule has 0 aromatic heterocycles. The van der Waals surface area contributed by atoms with Crippen molar-refractivity contribution in [3.05, 3.63) is 52.6 Å². The molecule has 1 amide bonds. The fourth-order valence-corrected chi connectivity index (χ4v) is 2.81. The molecule has 6 nitrogen and oxygen atoms in total. The van der Waals surface area contributed by atoms with E-state index in [1.165, 1.54) is 18.3 Å². The zero-order chi connectivity index (χ0) is 21.3. The quantitative estimate of drug-likeness (QED) is 0.362. The highest BCUT2D eigenvalue weighted by Crippen LogP contribution is 2.39. The van der Waals surface area contributed by atoms with Gasteiger partial charge in [0.15, 0.2) is 0 Å². The molecule has 6 heteroatoms. The molecule has 2 aromatic carbocycles. The summed E-state index contributed by atoms with van der Waals surface area (Å²) in [5.41, 5.74) is 4.03. The molecule has 4 N–H and O–H groups in total. The summed E-state index contributed by atoms with van der Waals surface area (Å²) in [6, 6.07) is 7.36. The molecule has 150 valence electrons. The van der Waals surface area contributed by atoms with E-state index in [4.69, 9.17) is 0 Å². The third-order valence-corrected chi connectivity index (χ3v) is 4.35. The Morgan fingerprint density at radius 3 is 1.96 bits per heavy atom. The number of hydrazone groups is 1. The Balaban J connectivity index is 2.35. The van der Waals surface area contributed by atoms with Crippen LogP contribution in [0.4, 0.5) is 0 Å². The summed E-state index contributed by atoms with van der Waals surface area (Å²) in [6.45, 7) is 12.1. The van der Waals surface area contributed by atoms with Gasteiger partial charge in [0, 0.05) is 11.1 Å². The number of carbonyl (C=O) groups is 1. The van der Waals surface area contributed by atoms with Crippen molar-refractivity contribution in [3.63, 3.8) is 0 Å². The van der Waals surface area contributed by atoms with Crippen molar-refractivity contribution in [1.29, 1.82) is 0 Å². The number of benzene rings is 2. The van der Waals surface area contributed by atoms with Gasteiger partial charge in [0.25, 0.3) is 5.91 Å². The highest BCUT2D eigenvalue weighted by Gasteiger charge is 2.26. The molecular weight excluding hydrogens is 356 g/mol. The second-order valence-electron chi connectivity index (χ2n) is 8.87. The summed E-state index contributed by atoms with van der Waals surface area (Å²) in [6.07, 6.45) is 1.49. The zero-order valence-corrected chi connectivity index (χ0v) is 17.2. The van der Waals surface area contributed by atoms with E-state index in [9.17, 15) is 20.1 Å². The Kier molecular flexibility index (Phi) is 5.73. The van der Waals surface area contributed by atoms with Crippen LogP contribution in [0.25, 0.3) is 0 Å². The Morgan fingerprint density at radius 1 is 0.929 bits per heavy atom. The van der Waals surface area contributed by atoms with E-state index in [-0.39, 0.29) is 33.6 Å². The lowest BCUT2D eigenvalue weighted by atomic mass is 9.78. The Hall–Kier alpha value is -3.02. The molecule has 0 atom stereocenters. The van der Waals surface area contributed by atoms with Crippen LogP contribution in [-0.4, -0.2) is 27.4 Å². The second-order valence-corrected chi connectivity index (χ2v) is 8.87. The van der Waals surface area contributed by atoms with Crippen LogP contribution in [-0.2, 0) is 10.8 Å². The largest absolute Gasteiger partial charge is 0.508 e. The molecule has 0 spiro atoms. The van der Waals surface area contributed by atoms with Gasteiger partial charge in [-0.2, -0.15) is 5.10 Å². The van der Waals surface area contributed by atoms with Crippen LogP contribution in [0.3, 0.4) is 0 Å². The number of rotatable bonds is 3. The van der Waals surface area contributed by atoms with Crippen LogP contribution in [0.1, 0.15) is 68.6 Å². The maximum absolute atomic E-state index is 12.2. The number of hydrogen-bond donors (Lipinski definition) is 4. The van der Waals surface area contributed by atoms with Gasteiger partial charge in [0.1, 0.15) is 17.2 Å². The summed E-state index contributed by atoms with van der Waals surface area (Å²) in [5.74, 6) is -0.753. The topological polar surface area (TPSA) is 102 Å². The summed E-state index contributed by atoms with van der Waals surface area (Å²) >= 11 is 0. The Bertz CT molecular complexity index is 884. The molecule has 2 rings (SSSR count). The first kappa shape index (κ1) is 21.3. The van der Waals surface area contributed by atoms with Crippen molar-refractivity contribution in [2.75, 3.05) is 0 Å². The smallest absolute Gasteiger partial charge is 0.275 e. The minimum Gasteiger partial charge on any atom is -0.508 e. The van der Waals surface area contributed by atoms with Gasteiger partial charge in [0.2, 0.25) is 0 Å². The van der Waals surface area contributed by atoms with Crippen molar-refractivity contribution < 1.29 is 20.1 Å². The van der Waals surface area contributed by atoms with Gasteiger partial charge in [-0.25, -0.2) is 5.43 Å². The predicted octanol–water partition coefficient (Wildman–Crippen LogP) is 4.16. The van der Waals surface area contributed by atoms with Crippen molar-refractivity contribution in [2.45, 2.75) is 52.4 Å². The molecule has 0 heterocycles. The van der Waals surface area contributed by atoms with Crippen molar-refractivity contribution in [3.8, 4) is 17.2 Å². The van der Waals surface area contributed by atoms with Crippen LogP contribution in [0.15, 0.2) is 35.4 Å². The average molecular weight is 384 g/mol. The summed E-state index contributed by atoms with van der Waals surface area (Å²) < 4.78 is 0. The van der Waals surface area contributed by atoms with Gasteiger partial charge in [-0.1, -0.05) is 41.5 Å². The van der Waals surface area contributed by atoms with Gasteiger partial charge in [-0.05, 0) is 46.7 Å². The van der Waals surface area contributed by atoms with Crippen molar-refractivity contribution in [1.82, 2.24) is 5.43 Å². The average Bonchev–Trinajstić information content (AvgIpc) is 2.56. The van der Waals surface area contributed by atoms with E-state index in [0.29, 0.717) is 0 Å². The van der Waals surface area contributed by atoms with E-state index in [2.05, 4.69) is 10.5 Å². The summed E-state index contributed by atoms with van der Waals surface area (Å²) in [4.78, 5) is 12.2. The number of nitrogens with zero attached hydrogens (tertiary/aromatic N) is 1. The third kappa shape index (κ3) is 4.82. The van der Waals surface area contributed by atoms with Gasteiger partial charge in [-0.3, -0.25) is 4.79 Å². The highest BCUT2D eigenvalue weighted by atomic mass is 16.3. The molecule has 0 bridgehead atoms.